The van der Waals surface area contributed by atoms with E-state index in [4.69, 9.17) is 16.4 Å². The summed E-state index contributed by atoms with van der Waals surface area (Å²) in [4.78, 5) is 16.5. The van der Waals surface area contributed by atoms with Crippen molar-refractivity contribution < 1.29 is 9.53 Å². The van der Waals surface area contributed by atoms with Crippen LogP contribution in [0.4, 0.5) is 10.5 Å². The van der Waals surface area contributed by atoms with E-state index >= 15 is 0 Å². The molecule has 0 aliphatic carbocycles. The van der Waals surface area contributed by atoms with Crippen LogP contribution in [0.5, 0.6) is 0 Å². The Labute approximate surface area is 190 Å². The summed E-state index contributed by atoms with van der Waals surface area (Å²) in [6.07, 6.45) is 0.555. The Bertz CT molecular complexity index is 1170. The molecule has 3 rings (SSSR count). The van der Waals surface area contributed by atoms with Crippen molar-refractivity contribution in [3.05, 3.63) is 58.6 Å². The number of benzene rings is 2. The van der Waals surface area contributed by atoms with E-state index in [1.165, 1.54) is 7.05 Å². The summed E-state index contributed by atoms with van der Waals surface area (Å²) < 4.78 is 7.06. The van der Waals surface area contributed by atoms with Gasteiger partial charge in [0.25, 0.3) is 0 Å². The van der Waals surface area contributed by atoms with Crippen molar-refractivity contribution in [1.29, 1.82) is 0 Å². The number of urea groups is 1. The number of hydrogen-bond donors (Lipinski definition) is 2. The van der Waals surface area contributed by atoms with Gasteiger partial charge in [0.2, 0.25) is 5.90 Å². The number of thiazole rings is 1. The lowest BCUT2D eigenvalue weighted by Crippen LogP contribution is -2.49. The van der Waals surface area contributed by atoms with Gasteiger partial charge in [-0.15, -0.1) is 16.4 Å². The molecule has 168 valence electrons. The van der Waals surface area contributed by atoms with Crippen LogP contribution < -0.4 is 16.7 Å². The van der Waals surface area contributed by atoms with Crippen molar-refractivity contribution >= 4 is 44.9 Å². The zero-order valence-electron chi connectivity index (χ0n) is 18.6. The molecule has 0 fully saturated rings. The van der Waals surface area contributed by atoms with Gasteiger partial charge in [-0.1, -0.05) is 25.1 Å². The number of aromatic nitrogens is 1. The number of fused-ring (bicyclic) bond motifs is 1. The van der Waals surface area contributed by atoms with Crippen molar-refractivity contribution in [1.82, 2.24) is 9.99 Å². The Morgan fingerprint density at radius 3 is 2.72 bits per heavy atom. The third kappa shape index (κ3) is 5.28. The molecule has 10 heteroatoms. The summed E-state index contributed by atoms with van der Waals surface area (Å²) >= 11 is 1.60. The van der Waals surface area contributed by atoms with E-state index in [-0.39, 0.29) is 6.61 Å². The first kappa shape index (κ1) is 23.3. The summed E-state index contributed by atoms with van der Waals surface area (Å²) in [5.74, 6) is 12.0. The topological polar surface area (TPSA) is 122 Å². The lowest BCUT2D eigenvalue weighted by atomic mass is 10.1. The van der Waals surface area contributed by atoms with Crippen molar-refractivity contribution in [2.75, 3.05) is 12.1 Å². The molecule has 0 unspecified atom stereocenters. The molecule has 1 heterocycles. The molecule has 9 nitrogen and oxygen atoms in total. The van der Waals surface area contributed by atoms with Gasteiger partial charge in [-0.25, -0.2) is 26.5 Å². The van der Waals surface area contributed by atoms with Gasteiger partial charge in [-0.2, -0.15) is 5.10 Å². The molecular formula is C22H27N7O2S. The Morgan fingerprint density at radius 1 is 1.22 bits per heavy atom. The Hall–Kier alpha value is -3.34. The van der Waals surface area contributed by atoms with Gasteiger partial charge in [0.05, 0.1) is 27.1 Å². The normalized spacial score (nSPS) is 12.2. The maximum atomic E-state index is 12.2. The van der Waals surface area contributed by atoms with Gasteiger partial charge in [0.1, 0.15) is 6.61 Å². The number of hydrazine groups is 2. The second kappa shape index (κ2) is 10.3. The average Bonchev–Trinajstić information content (AvgIpc) is 3.26. The molecule has 3 aromatic rings. The van der Waals surface area contributed by atoms with Crippen LogP contribution in [-0.2, 0) is 11.3 Å². The highest BCUT2D eigenvalue weighted by atomic mass is 32.1. The average molecular weight is 454 g/mol. The van der Waals surface area contributed by atoms with Crippen molar-refractivity contribution in [2.24, 2.45) is 21.9 Å². The largest absolute Gasteiger partial charge is 0.475 e. The smallest absolute Gasteiger partial charge is 0.352 e. The second-order valence-electron chi connectivity index (χ2n) is 7.19. The maximum absolute atomic E-state index is 12.2. The standard InChI is InChI=1S/C22H27N7O2S/c1-5-21(27-26-15(3)16-9-10-20-18(11-16)25-13-32-20)31-12-17-14(2)7-6-8-19(17)29(24)22(30)28(4)23/h6-11,13H,5,12,23-24H2,1-4H3/b26-15?,27-21-. The van der Waals surface area contributed by atoms with Crippen LogP contribution in [0, 0.1) is 6.92 Å². The predicted molar refractivity (Wildman–Crippen MR) is 130 cm³/mol. The first-order valence-electron chi connectivity index (χ1n) is 10.0. The van der Waals surface area contributed by atoms with E-state index in [0.717, 1.165) is 42.6 Å². The fourth-order valence-corrected chi connectivity index (χ4v) is 3.66. The first-order chi connectivity index (χ1) is 15.3. The lowest BCUT2D eigenvalue weighted by Gasteiger charge is -2.24. The van der Waals surface area contributed by atoms with Crippen LogP contribution in [-0.4, -0.2) is 34.7 Å². The highest BCUT2D eigenvalue weighted by Crippen LogP contribution is 2.24. The third-order valence-corrected chi connectivity index (χ3v) is 5.71. The number of anilines is 1. The molecule has 0 aliphatic rings. The van der Waals surface area contributed by atoms with Crippen LogP contribution in [0.25, 0.3) is 10.2 Å². The van der Waals surface area contributed by atoms with E-state index in [2.05, 4.69) is 15.2 Å². The number of carbonyl (C=O) groups excluding carboxylic acids is 1. The molecule has 0 atom stereocenters. The third-order valence-electron chi connectivity index (χ3n) is 4.90. The maximum Gasteiger partial charge on any atom is 0.352 e. The molecule has 4 N–H and O–H groups in total. The van der Waals surface area contributed by atoms with E-state index in [1.807, 2.05) is 56.6 Å². The highest BCUT2D eigenvalue weighted by molar-refractivity contribution is 7.16. The van der Waals surface area contributed by atoms with Crippen molar-refractivity contribution in [2.45, 2.75) is 33.8 Å². The number of aryl methyl sites for hydroxylation is 1. The lowest BCUT2D eigenvalue weighted by molar-refractivity contribution is 0.216. The number of rotatable bonds is 6. The summed E-state index contributed by atoms with van der Waals surface area (Å²) in [5, 5.41) is 10.6. The van der Waals surface area contributed by atoms with Crippen LogP contribution in [0.1, 0.15) is 37.0 Å². The van der Waals surface area contributed by atoms with Gasteiger partial charge in [-0.05, 0) is 43.2 Å². The number of ether oxygens (including phenoxy) is 1. The van der Waals surface area contributed by atoms with Crippen LogP contribution in [0.3, 0.4) is 0 Å². The SMILES string of the molecule is CC/C(=N/N=C(C)c1ccc2scnc2c1)OCc1c(C)cccc1N(N)C(=O)N(C)N. The minimum absolute atomic E-state index is 0.184. The van der Waals surface area contributed by atoms with E-state index in [0.29, 0.717) is 18.0 Å². The quantitative estimate of drug-likeness (QED) is 0.192. The molecule has 0 aliphatic heterocycles. The molecule has 0 radical (unpaired) electrons. The Morgan fingerprint density at radius 2 is 2.00 bits per heavy atom. The zero-order valence-corrected chi connectivity index (χ0v) is 19.4. The minimum atomic E-state index is -0.543. The number of nitrogens with two attached hydrogens (primary N) is 2. The fraction of sp³-hybridized carbons (Fsp3) is 0.273. The molecular weight excluding hydrogens is 426 g/mol. The van der Waals surface area contributed by atoms with Gasteiger partial charge in [0, 0.05) is 19.0 Å². The zero-order chi connectivity index (χ0) is 23.3. The summed E-state index contributed by atoms with van der Waals surface area (Å²) in [6, 6.07) is 11.0. The van der Waals surface area contributed by atoms with Crippen LogP contribution in [0.2, 0.25) is 0 Å². The summed E-state index contributed by atoms with van der Waals surface area (Å²) in [5.41, 5.74) is 6.68. The number of carbonyl (C=O) groups is 1. The van der Waals surface area contributed by atoms with E-state index in [1.54, 1.807) is 17.4 Å². The van der Waals surface area contributed by atoms with Gasteiger partial charge < -0.3 is 4.74 Å². The summed E-state index contributed by atoms with van der Waals surface area (Å²) in [7, 11) is 1.43. The van der Waals surface area contributed by atoms with Gasteiger partial charge in [-0.3, -0.25) is 5.01 Å². The van der Waals surface area contributed by atoms with Gasteiger partial charge in [0.15, 0.2) is 0 Å². The predicted octanol–water partition coefficient (Wildman–Crippen LogP) is 3.96. The molecule has 0 bridgehead atoms. The molecule has 0 saturated heterocycles. The van der Waals surface area contributed by atoms with Crippen molar-refractivity contribution in [3.63, 3.8) is 0 Å². The molecule has 2 amide bonds. The molecule has 32 heavy (non-hydrogen) atoms. The van der Waals surface area contributed by atoms with E-state index in [9.17, 15) is 4.79 Å². The number of hydrogen-bond acceptors (Lipinski definition) is 8. The monoisotopic (exact) mass is 453 g/mol. The number of amides is 2. The molecule has 2 aromatic carbocycles. The highest BCUT2D eigenvalue weighted by Gasteiger charge is 2.19. The molecule has 0 saturated carbocycles. The molecule has 0 spiro atoms. The van der Waals surface area contributed by atoms with Crippen molar-refractivity contribution in [3.8, 4) is 0 Å². The number of nitrogens with zero attached hydrogens (tertiary/aromatic N) is 5. The van der Waals surface area contributed by atoms with Gasteiger partial charge >= 0.3 is 6.03 Å². The van der Waals surface area contributed by atoms with Crippen LogP contribution in [0.15, 0.2) is 52.1 Å². The molecule has 1 aromatic heterocycles. The summed E-state index contributed by atoms with van der Waals surface area (Å²) in [6.45, 7) is 5.94. The Balaban J connectivity index is 1.78. The minimum Gasteiger partial charge on any atom is -0.475 e. The fourth-order valence-electron chi connectivity index (χ4n) is 3.00. The van der Waals surface area contributed by atoms with Crippen LogP contribution >= 0.6 is 11.3 Å². The second-order valence-corrected chi connectivity index (χ2v) is 8.08. The van der Waals surface area contributed by atoms with E-state index < -0.39 is 6.03 Å². The Kier molecular flexibility index (Phi) is 7.52. The first-order valence-corrected chi connectivity index (χ1v) is 10.9.